The lowest BCUT2D eigenvalue weighted by molar-refractivity contribution is 0.101. The predicted molar refractivity (Wildman–Crippen MR) is 127 cm³/mol. The molecule has 0 fully saturated rings. The van der Waals surface area contributed by atoms with Crippen molar-refractivity contribution < 1.29 is 4.79 Å². The average molecular weight is 461 g/mol. The van der Waals surface area contributed by atoms with Gasteiger partial charge in [-0.15, -0.1) is 0 Å². The Morgan fingerprint density at radius 1 is 1.23 bits per heavy atom. The lowest BCUT2D eigenvalue weighted by Gasteiger charge is -2.14. The molecule has 2 aromatic rings. The number of carbonyl (C=O) groups is 1. The molecule has 158 valence electrons. The maximum absolute atomic E-state index is 12.6. The van der Waals surface area contributed by atoms with Crippen molar-refractivity contribution in [2.45, 2.75) is 52.1 Å². The van der Waals surface area contributed by atoms with Gasteiger partial charge in [0, 0.05) is 51.6 Å². The molecule has 0 aromatic carbocycles. The van der Waals surface area contributed by atoms with E-state index >= 15 is 0 Å². The summed E-state index contributed by atoms with van der Waals surface area (Å²) in [5.74, 6) is 0.518. The van der Waals surface area contributed by atoms with E-state index in [9.17, 15) is 4.79 Å². The summed E-state index contributed by atoms with van der Waals surface area (Å²) < 4.78 is 2.24. The molecule has 6 heteroatoms. The van der Waals surface area contributed by atoms with Crippen molar-refractivity contribution in [3.63, 3.8) is 0 Å². The second-order valence-corrected chi connectivity index (χ2v) is 9.86. The van der Waals surface area contributed by atoms with Gasteiger partial charge in [0.2, 0.25) is 0 Å². The van der Waals surface area contributed by atoms with Gasteiger partial charge in [0.05, 0.1) is 5.03 Å². The summed E-state index contributed by atoms with van der Waals surface area (Å²) in [4.78, 5) is 17.7. The smallest absolute Gasteiger partial charge is 0.161 e. The highest BCUT2D eigenvalue weighted by atomic mass is 35.5. The van der Waals surface area contributed by atoms with Crippen molar-refractivity contribution in [1.29, 1.82) is 0 Å². The van der Waals surface area contributed by atoms with Gasteiger partial charge >= 0.3 is 0 Å². The minimum Gasteiger partial charge on any atom is -0.335 e. The van der Waals surface area contributed by atoms with Crippen LogP contribution >= 0.6 is 35.0 Å². The van der Waals surface area contributed by atoms with Crippen LogP contribution in [0.4, 0.5) is 0 Å². The Bertz CT molecular complexity index is 1030. The quantitative estimate of drug-likeness (QED) is 0.407. The van der Waals surface area contributed by atoms with Crippen LogP contribution in [0.2, 0.25) is 0 Å². The Balaban J connectivity index is 2.16. The van der Waals surface area contributed by atoms with E-state index in [1.54, 1.807) is 31.1 Å². The SMILES string of the molecule is CC(=O)c1c(CC(C)C)c(SC2=CC(Cl)=CCC(Cl)=C2)n(Cc2ccncc2)c1C. The molecular formula is C24H26Cl2N2OS. The van der Waals surface area contributed by atoms with Gasteiger partial charge < -0.3 is 4.57 Å². The number of nitrogens with zero attached hydrogens (tertiary/aromatic N) is 2. The number of hydrogen-bond donors (Lipinski definition) is 0. The highest BCUT2D eigenvalue weighted by Gasteiger charge is 2.25. The zero-order chi connectivity index (χ0) is 21.8. The van der Waals surface area contributed by atoms with E-state index in [0.717, 1.165) is 43.8 Å². The number of hydrogen-bond acceptors (Lipinski definition) is 3. The molecule has 0 saturated carbocycles. The van der Waals surface area contributed by atoms with Crippen LogP contribution in [0.5, 0.6) is 0 Å². The largest absolute Gasteiger partial charge is 0.335 e. The Labute approximate surface area is 192 Å². The Morgan fingerprint density at radius 3 is 2.57 bits per heavy atom. The van der Waals surface area contributed by atoms with E-state index in [2.05, 4.69) is 23.4 Å². The molecule has 1 aliphatic carbocycles. The highest BCUT2D eigenvalue weighted by Crippen LogP contribution is 2.40. The van der Waals surface area contributed by atoms with Crippen molar-refractivity contribution in [2.75, 3.05) is 0 Å². The molecule has 0 spiro atoms. The van der Waals surface area contributed by atoms with Crippen molar-refractivity contribution in [2.24, 2.45) is 5.92 Å². The highest BCUT2D eigenvalue weighted by molar-refractivity contribution is 8.03. The van der Waals surface area contributed by atoms with Gasteiger partial charge in [-0.05, 0) is 61.6 Å². The standard InChI is InChI=1S/C24H26Cl2N2OS/c1-15(2)11-22-23(17(4)29)16(3)28(14-18-7-9-27-10-8-18)24(22)30-21-12-19(25)5-6-20(26)13-21/h5,7-10,12-13,15H,6,11,14H2,1-4H3. The Hall–Kier alpha value is -1.75. The van der Waals surface area contributed by atoms with Crippen molar-refractivity contribution in [1.82, 2.24) is 9.55 Å². The molecule has 0 aliphatic heterocycles. The first-order valence-electron chi connectivity index (χ1n) is 9.99. The van der Waals surface area contributed by atoms with Crippen LogP contribution in [-0.2, 0) is 13.0 Å². The average Bonchev–Trinajstić information content (AvgIpc) is 2.80. The number of carbonyl (C=O) groups excluding carboxylic acids is 1. The molecule has 0 atom stereocenters. The predicted octanol–water partition coefficient (Wildman–Crippen LogP) is 7.27. The minimum atomic E-state index is 0.0971. The Morgan fingerprint density at radius 2 is 1.93 bits per heavy atom. The van der Waals surface area contributed by atoms with Gasteiger partial charge in [0.1, 0.15) is 0 Å². The van der Waals surface area contributed by atoms with Crippen LogP contribution in [0.15, 0.2) is 62.8 Å². The Kier molecular flexibility index (Phi) is 7.67. The second kappa shape index (κ2) is 10.0. The third kappa shape index (κ3) is 5.48. The molecule has 2 heterocycles. The molecule has 0 N–H and O–H groups in total. The number of pyridine rings is 1. The lowest BCUT2D eigenvalue weighted by Crippen LogP contribution is -2.05. The molecule has 0 radical (unpaired) electrons. The fourth-order valence-corrected chi connectivity index (χ4v) is 5.38. The van der Waals surface area contributed by atoms with Gasteiger partial charge in [0.15, 0.2) is 5.78 Å². The van der Waals surface area contributed by atoms with Crippen LogP contribution in [0.25, 0.3) is 0 Å². The third-order valence-corrected chi connectivity index (χ3v) is 6.57. The number of rotatable bonds is 7. The van der Waals surface area contributed by atoms with Crippen LogP contribution in [0.3, 0.4) is 0 Å². The molecule has 1 aliphatic rings. The molecule has 0 saturated heterocycles. The van der Waals surface area contributed by atoms with E-state index in [1.165, 1.54) is 0 Å². The fraction of sp³-hybridized carbons (Fsp3) is 0.333. The third-order valence-electron chi connectivity index (χ3n) is 4.91. The van der Waals surface area contributed by atoms with E-state index in [-0.39, 0.29) is 5.78 Å². The number of Topliss-reactive ketones (excluding diaryl/α,β-unsaturated/α-hetero) is 1. The lowest BCUT2D eigenvalue weighted by atomic mass is 9.99. The maximum atomic E-state index is 12.6. The summed E-state index contributed by atoms with van der Waals surface area (Å²) in [5.41, 5.74) is 4.05. The monoisotopic (exact) mass is 460 g/mol. The van der Waals surface area contributed by atoms with Crippen molar-refractivity contribution in [3.05, 3.63) is 80.1 Å². The minimum absolute atomic E-state index is 0.0971. The normalized spacial score (nSPS) is 14.3. The maximum Gasteiger partial charge on any atom is 0.161 e. The summed E-state index contributed by atoms with van der Waals surface area (Å²) in [6.45, 7) is 8.70. The number of thioether (sulfide) groups is 1. The summed E-state index contributed by atoms with van der Waals surface area (Å²) in [6.07, 6.45) is 10.8. The molecule has 0 amide bonds. The van der Waals surface area contributed by atoms with E-state index in [1.807, 2.05) is 37.3 Å². The zero-order valence-electron chi connectivity index (χ0n) is 17.7. The molecule has 2 aromatic heterocycles. The van der Waals surface area contributed by atoms with Crippen LogP contribution in [-0.4, -0.2) is 15.3 Å². The number of halogens is 2. The number of aromatic nitrogens is 2. The topological polar surface area (TPSA) is 34.9 Å². The van der Waals surface area contributed by atoms with Crippen LogP contribution < -0.4 is 0 Å². The molecular weight excluding hydrogens is 435 g/mol. The van der Waals surface area contributed by atoms with Crippen molar-refractivity contribution >= 4 is 40.7 Å². The van der Waals surface area contributed by atoms with Gasteiger partial charge in [-0.2, -0.15) is 0 Å². The van der Waals surface area contributed by atoms with E-state index in [4.69, 9.17) is 23.2 Å². The van der Waals surface area contributed by atoms with E-state index < -0.39 is 0 Å². The van der Waals surface area contributed by atoms with Crippen LogP contribution in [0, 0.1) is 12.8 Å². The van der Waals surface area contributed by atoms with Gasteiger partial charge in [0.25, 0.3) is 0 Å². The molecule has 3 rings (SSSR count). The van der Waals surface area contributed by atoms with Gasteiger partial charge in [-0.25, -0.2) is 0 Å². The number of allylic oxidation sites excluding steroid dienone is 5. The molecule has 3 nitrogen and oxygen atoms in total. The second-order valence-electron chi connectivity index (χ2n) is 7.87. The first-order valence-corrected chi connectivity index (χ1v) is 11.6. The van der Waals surface area contributed by atoms with E-state index in [0.29, 0.717) is 23.9 Å². The first-order chi connectivity index (χ1) is 14.3. The summed E-state index contributed by atoms with van der Waals surface area (Å²) >= 11 is 14.3. The van der Waals surface area contributed by atoms with Gasteiger partial charge in [-0.1, -0.05) is 54.9 Å². The first kappa shape index (κ1) is 22.9. The van der Waals surface area contributed by atoms with Crippen molar-refractivity contribution in [3.8, 4) is 0 Å². The van der Waals surface area contributed by atoms with Gasteiger partial charge in [-0.3, -0.25) is 9.78 Å². The zero-order valence-corrected chi connectivity index (χ0v) is 20.0. The molecule has 0 unspecified atom stereocenters. The molecule has 0 bridgehead atoms. The summed E-state index contributed by atoms with van der Waals surface area (Å²) in [5, 5.41) is 2.48. The fourth-order valence-electron chi connectivity index (χ4n) is 3.63. The number of ketones is 1. The van der Waals surface area contributed by atoms with Crippen LogP contribution in [0.1, 0.15) is 54.4 Å². The molecule has 30 heavy (non-hydrogen) atoms. The summed E-state index contributed by atoms with van der Waals surface area (Å²) in [6, 6.07) is 4.01. The summed E-state index contributed by atoms with van der Waals surface area (Å²) in [7, 11) is 0.